The molecule has 3 aromatic rings. The third-order valence-electron chi connectivity index (χ3n) is 4.74. The molecule has 9 heteroatoms. The molecule has 0 spiro atoms. The molecule has 0 radical (unpaired) electrons. The van der Waals surface area contributed by atoms with E-state index in [2.05, 4.69) is 30.5 Å². The lowest BCUT2D eigenvalue weighted by molar-refractivity contribution is 0.174. The van der Waals surface area contributed by atoms with Crippen LogP contribution in [0.4, 0.5) is 33.6 Å². The van der Waals surface area contributed by atoms with Gasteiger partial charge in [-0.1, -0.05) is 0 Å². The molecule has 1 fully saturated rings. The summed E-state index contributed by atoms with van der Waals surface area (Å²) in [5.41, 5.74) is 1.47. The van der Waals surface area contributed by atoms with Gasteiger partial charge < -0.3 is 25.0 Å². The van der Waals surface area contributed by atoms with Crippen molar-refractivity contribution in [2.24, 2.45) is 0 Å². The summed E-state index contributed by atoms with van der Waals surface area (Å²) in [4.78, 5) is 15.7. The van der Waals surface area contributed by atoms with E-state index in [1.165, 1.54) is 12.1 Å². The maximum atomic E-state index is 13.2. The molecule has 0 aliphatic carbocycles. The first-order chi connectivity index (χ1) is 14.2. The normalized spacial score (nSPS) is 14.9. The Hall–Kier alpha value is -3.62. The lowest BCUT2D eigenvalue weighted by Gasteiger charge is -2.17. The lowest BCUT2D eigenvalue weighted by atomic mass is 10.3. The van der Waals surface area contributed by atoms with Crippen LogP contribution in [0.5, 0.6) is 11.5 Å². The number of ether oxygens (including phenoxy) is 2. The Balaban J connectivity index is 1.44. The van der Waals surface area contributed by atoms with Crippen LogP contribution in [-0.2, 0) is 0 Å². The lowest BCUT2D eigenvalue weighted by Crippen LogP contribution is -2.21. The van der Waals surface area contributed by atoms with Crippen molar-refractivity contribution in [2.45, 2.75) is 12.8 Å². The summed E-state index contributed by atoms with van der Waals surface area (Å²) in [6, 6.07) is 11.6. The standard InChI is InChI=1S/C20H19FN6O2/c21-13-3-5-14(6-4-13)22-18-24-19(26-20(25-18)27-9-1-2-10-27)23-15-7-8-16-17(11-15)29-12-28-16/h3-8,11H,1-2,9-10,12H2,(H2,22,23,24,25,26). The second kappa shape index (κ2) is 7.42. The van der Waals surface area contributed by atoms with Crippen LogP contribution in [0.15, 0.2) is 42.5 Å². The largest absolute Gasteiger partial charge is 0.454 e. The van der Waals surface area contributed by atoms with E-state index in [0.717, 1.165) is 31.6 Å². The molecule has 148 valence electrons. The number of nitrogens with one attached hydrogen (secondary N) is 2. The van der Waals surface area contributed by atoms with Gasteiger partial charge in [0.25, 0.3) is 0 Å². The van der Waals surface area contributed by atoms with E-state index in [4.69, 9.17) is 9.47 Å². The second-order valence-corrected chi connectivity index (χ2v) is 6.80. The zero-order valence-corrected chi connectivity index (χ0v) is 15.6. The SMILES string of the molecule is Fc1ccc(Nc2nc(Nc3ccc4c(c3)OCO4)nc(N3CCCC3)n2)cc1. The van der Waals surface area contributed by atoms with Gasteiger partial charge in [-0.3, -0.25) is 0 Å². The zero-order valence-electron chi connectivity index (χ0n) is 15.6. The first-order valence-corrected chi connectivity index (χ1v) is 9.43. The number of fused-ring (bicyclic) bond motifs is 1. The fourth-order valence-electron chi connectivity index (χ4n) is 3.30. The number of nitrogens with zero attached hydrogens (tertiary/aromatic N) is 4. The monoisotopic (exact) mass is 394 g/mol. The average molecular weight is 394 g/mol. The van der Waals surface area contributed by atoms with Gasteiger partial charge in [0.1, 0.15) is 5.82 Å². The summed E-state index contributed by atoms with van der Waals surface area (Å²) in [6.07, 6.45) is 2.22. The minimum Gasteiger partial charge on any atom is -0.454 e. The highest BCUT2D eigenvalue weighted by Gasteiger charge is 2.19. The number of halogens is 1. The van der Waals surface area contributed by atoms with Crippen molar-refractivity contribution in [3.05, 3.63) is 48.3 Å². The Kier molecular flexibility index (Phi) is 4.47. The van der Waals surface area contributed by atoms with Crippen molar-refractivity contribution in [3.63, 3.8) is 0 Å². The summed E-state index contributed by atoms with van der Waals surface area (Å²) in [5.74, 6) is 2.48. The van der Waals surface area contributed by atoms with Gasteiger partial charge in [-0.25, -0.2) is 4.39 Å². The molecule has 29 heavy (non-hydrogen) atoms. The van der Waals surface area contributed by atoms with E-state index in [0.29, 0.717) is 35.0 Å². The van der Waals surface area contributed by atoms with E-state index < -0.39 is 0 Å². The van der Waals surface area contributed by atoms with Gasteiger partial charge in [-0.05, 0) is 49.2 Å². The molecule has 1 aromatic heterocycles. The summed E-state index contributed by atoms with van der Waals surface area (Å²) in [5, 5.41) is 6.33. The van der Waals surface area contributed by atoms with Gasteiger partial charge in [0, 0.05) is 30.5 Å². The smallest absolute Gasteiger partial charge is 0.233 e. The molecule has 0 atom stereocenters. The van der Waals surface area contributed by atoms with Crippen LogP contribution in [0, 0.1) is 5.82 Å². The van der Waals surface area contributed by atoms with Crippen LogP contribution < -0.4 is 25.0 Å². The highest BCUT2D eigenvalue weighted by Crippen LogP contribution is 2.35. The molecule has 3 heterocycles. The highest BCUT2D eigenvalue weighted by atomic mass is 19.1. The molecule has 2 N–H and O–H groups in total. The summed E-state index contributed by atoms with van der Waals surface area (Å²) >= 11 is 0. The maximum Gasteiger partial charge on any atom is 0.233 e. The molecule has 2 aliphatic rings. The topological polar surface area (TPSA) is 84.4 Å². The Morgan fingerprint density at radius 2 is 1.45 bits per heavy atom. The van der Waals surface area contributed by atoms with E-state index in [1.54, 1.807) is 12.1 Å². The molecule has 0 bridgehead atoms. The molecule has 5 rings (SSSR count). The van der Waals surface area contributed by atoms with E-state index >= 15 is 0 Å². The molecule has 0 unspecified atom stereocenters. The fourth-order valence-corrected chi connectivity index (χ4v) is 3.30. The van der Waals surface area contributed by atoms with Crippen LogP contribution in [0.2, 0.25) is 0 Å². The van der Waals surface area contributed by atoms with Crippen LogP contribution in [0.25, 0.3) is 0 Å². The quantitative estimate of drug-likeness (QED) is 0.676. The molecule has 0 saturated carbocycles. The number of hydrogen-bond donors (Lipinski definition) is 2. The van der Waals surface area contributed by atoms with Crippen molar-refractivity contribution in [1.82, 2.24) is 15.0 Å². The van der Waals surface area contributed by atoms with Crippen LogP contribution in [0.3, 0.4) is 0 Å². The molecule has 2 aliphatic heterocycles. The van der Waals surface area contributed by atoms with Gasteiger partial charge in [0.2, 0.25) is 24.6 Å². The number of anilines is 5. The average Bonchev–Trinajstić information content (AvgIpc) is 3.41. The van der Waals surface area contributed by atoms with Gasteiger partial charge in [-0.15, -0.1) is 0 Å². The number of aromatic nitrogens is 3. The van der Waals surface area contributed by atoms with E-state index in [9.17, 15) is 4.39 Å². The number of rotatable bonds is 5. The molecule has 1 saturated heterocycles. The number of benzene rings is 2. The Bertz CT molecular complexity index is 1020. The Morgan fingerprint density at radius 3 is 2.21 bits per heavy atom. The van der Waals surface area contributed by atoms with Crippen LogP contribution in [-0.4, -0.2) is 34.8 Å². The molecule has 2 aromatic carbocycles. The van der Waals surface area contributed by atoms with Crippen molar-refractivity contribution in [1.29, 1.82) is 0 Å². The Labute approximate surface area is 166 Å². The minimum atomic E-state index is -0.297. The summed E-state index contributed by atoms with van der Waals surface area (Å²) in [7, 11) is 0. The molecular formula is C20H19FN6O2. The van der Waals surface area contributed by atoms with Gasteiger partial charge in [0.15, 0.2) is 11.5 Å². The van der Waals surface area contributed by atoms with Gasteiger partial charge in [0.05, 0.1) is 0 Å². The summed E-state index contributed by atoms with van der Waals surface area (Å²) in [6.45, 7) is 2.03. The predicted molar refractivity (Wildman–Crippen MR) is 107 cm³/mol. The fraction of sp³-hybridized carbons (Fsp3) is 0.250. The van der Waals surface area contributed by atoms with Crippen LogP contribution in [0.1, 0.15) is 12.8 Å². The number of hydrogen-bond acceptors (Lipinski definition) is 8. The summed E-state index contributed by atoms with van der Waals surface area (Å²) < 4.78 is 24.0. The molecular weight excluding hydrogens is 375 g/mol. The minimum absolute atomic E-state index is 0.218. The van der Waals surface area contributed by atoms with Crippen molar-refractivity contribution < 1.29 is 13.9 Å². The van der Waals surface area contributed by atoms with Crippen molar-refractivity contribution >= 4 is 29.2 Å². The van der Waals surface area contributed by atoms with E-state index in [-0.39, 0.29) is 12.6 Å². The van der Waals surface area contributed by atoms with Crippen molar-refractivity contribution in [2.75, 3.05) is 35.4 Å². The highest BCUT2D eigenvalue weighted by molar-refractivity contribution is 5.62. The third-order valence-corrected chi connectivity index (χ3v) is 4.74. The Morgan fingerprint density at radius 1 is 0.793 bits per heavy atom. The first kappa shape index (κ1) is 17.5. The van der Waals surface area contributed by atoms with Crippen molar-refractivity contribution in [3.8, 4) is 11.5 Å². The zero-order chi connectivity index (χ0) is 19.6. The van der Waals surface area contributed by atoms with Gasteiger partial charge in [-0.2, -0.15) is 15.0 Å². The van der Waals surface area contributed by atoms with Gasteiger partial charge >= 0.3 is 0 Å². The van der Waals surface area contributed by atoms with E-state index in [1.807, 2.05) is 18.2 Å². The molecule has 0 amide bonds. The molecule has 8 nitrogen and oxygen atoms in total. The predicted octanol–water partition coefficient (Wildman–Crippen LogP) is 3.83. The first-order valence-electron chi connectivity index (χ1n) is 9.43. The second-order valence-electron chi connectivity index (χ2n) is 6.80. The maximum absolute atomic E-state index is 13.2. The third kappa shape index (κ3) is 3.84. The van der Waals surface area contributed by atoms with Crippen LogP contribution >= 0.6 is 0 Å².